The summed E-state index contributed by atoms with van der Waals surface area (Å²) in [6, 6.07) is 0. The minimum atomic E-state index is 0. The minimum Gasteiger partial charge on any atom is -1.00 e. The maximum atomic E-state index is 6.51. The molecule has 0 unspecified atom stereocenters. The highest BCUT2D eigenvalue weighted by molar-refractivity contribution is 5.02. The molecule has 0 radical (unpaired) electrons. The Morgan fingerprint density at radius 3 is 2.07 bits per heavy atom. The standard InChI is InChI=1S/C24H42NO.HI/c1-18(2)7-6-8-19(3)9-10-25(4,5)11-12-26-24-22-14-20-13-21(16-22)17-23(24)15-20;/h7,9,20-24H,6,8,10-17H2,1-5H3;1H/q+1;/p-1/b19-9+;. The van der Waals surface area contributed by atoms with Crippen LogP contribution in [0.15, 0.2) is 23.3 Å². The lowest BCUT2D eigenvalue weighted by Crippen LogP contribution is -3.00. The Hall–Kier alpha value is 0.130. The van der Waals surface area contributed by atoms with E-state index in [1.807, 2.05) is 0 Å². The van der Waals surface area contributed by atoms with Crippen molar-refractivity contribution in [2.24, 2.45) is 23.7 Å². The van der Waals surface area contributed by atoms with Gasteiger partial charge in [-0.3, -0.25) is 0 Å². The second-order valence-corrected chi connectivity index (χ2v) is 10.5. The lowest BCUT2D eigenvalue weighted by Gasteiger charge is -2.54. The minimum absolute atomic E-state index is 0. The molecule has 4 saturated carbocycles. The predicted octanol–water partition coefficient (Wildman–Crippen LogP) is 2.60. The van der Waals surface area contributed by atoms with Crippen LogP contribution < -0.4 is 24.0 Å². The Balaban J connectivity index is 0.00000261. The monoisotopic (exact) mass is 487 g/mol. The SMILES string of the molecule is CC(C)=CCC/C(C)=C/C[N+](C)(C)CCOC1C2CC3CC(C2)CC1C3.[I-]. The summed E-state index contributed by atoms with van der Waals surface area (Å²) >= 11 is 0. The Morgan fingerprint density at radius 2 is 1.52 bits per heavy atom. The Bertz CT molecular complexity index is 504. The highest BCUT2D eigenvalue weighted by atomic mass is 127. The lowest BCUT2D eigenvalue weighted by atomic mass is 9.55. The van der Waals surface area contributed by atoms with Gasteiger partial charge in [0.25, 0.3) is 0 Å². The molecule has 0 heterocycles. The summed E-state index contributed by atoms with van der Waals surface area (Å²) in [5.74, 6) is 3.87. The van der Waals surface area contributed by atoms with Crippen LogP contribution in [0.2, 0.25) is 0 Å². The van der Waals surface area contributed by atoms with E-state index in [0.29, 0.717) is 6.10 Å². The summed E-state index contributed by atoms with van der Waals surface area (Å²) in [5, 5.41) is 0. The zero-order chi connectivity index (χ0) is 18.7. The number of quaternary nitrogens is 1. The van der Waals surface area contributed by atoms with E-state index in [2.05, 4.69) is 47.0 Å². The van der Waals surface area contributed by atoms with E-state index in [-0.39, 0.29) is 24.0 Å². The molecule has 0 saturated heterocycles. The molecular formula is C24H42INO. The van der Waals surface area contributed by atoms with Crippen molar-refractivity contribution in [3.63, 3.8) is 0 Å². The van der Waals surface area contributed by atoms with Gasteiger partial charge >= 0.3 is 0 Å². The molecule has 0 aliphatic heterocycles. The van der Waals surface area contributed by atoms with Gasteiger partial charge in [0.05, 0.1) is 33.4 Å². The van der Waals surface area contributed by atoms with Gasteiger partial charge in [-0.05, 0) is 95.5 Å². The second kappa shape index (κ2) is 10.2. The molecule has 0 amide bonds. The molecule has 4 aliphatic carbocycles. The molecular weight excluding hydrogens is 445 g/mol. The number of rotatable bonds is 9. The van der Waals surface area contributed by atoms with Crippen molar-refractivity contribution in [1.29, 1.82) is 0 Å². The quantitative estimate of drug-likeness (QED) is 0.276. The van der Waals surface area contributed by atoms with Crippen LogP contribution in [0.3, 0.4) is 0 Å². The van der Waals surface area contributed by atoms with Gasteiger partial charge in [-0.2, -0.15) is 0 Å². The van der Waals surface area contributed by atoms with Crippen LogP contribution in [-0.4, -0.2) is 44.4 Å². The molecule has 0 aromatic carbocycles. The van der Waals surface area contributed by atoms with Crippen LogP contribution in [0.4, 0.5) is 0 Å². The number of nitrogens with zero attached hydrogens (tertiary/aromatic N) is 1. The molecule has 4 rings (SSSR count). The van der Waals surface area contributed by atoms with Gasteiger partial charge in [0.15, 0.2) is 0 Å². The Morgan fingerprint density at radius 1 is 0.926 bits per heavy atom. The predicted molar refractivity (Wildman–Crippen MR) is 111 cm³/mol. The first-order valence-corrected chi connectivity index (χ1v) is 11.0. The van der Waals surface area contributed by atoms with Crippen molar-refractivity contribution in [3.8, 4) is 0 Å². The zero-order valence-corrected chi connectivity index (χ0v) is 20.5. The molecule has 4 bridgehead atoms. The molecule has 27 heavy (non-hydrogen) atoms. The van der Waals surface area contributed by atoms with Crippen LogP contribution in [0.5, 0.6) is 0 Å². The summed E-state index contributed by atoms with van der Waals surface area (Å²) in [7, 11) is 4.69. The largest absolute Gasteiger partial charge is 1.00 e. The molecule has 0 N–H and O–H groups in total. The second-order valence-electron chi connectivity index (χ2n) is 10.5. The summed E-state index contributed by atoms with van der Waals surface area (Å²) in [5.41, 5.74) is 2.95. The third-order valence-corrected chi connectivity index (χ3v) is 7.17. The molecule has 156 valence electrons. The fourth-order valence-corrected chi connectivity index (χ4v) is 5.77. The maximum Gasteiger partial charge on any atom is 0.102 e. The first-order chi connectivity index (χ1) is 12.3. The summed E-state index contributed by atoms with van der Waals surface area (Å²) < 4.78 is 7.54. The van der Waals surface area contributed by atoms with Crippen molar-refractivity contribution in [2.45, 2.75) is 71.8 Å². The molecule has 0 spiro atoms. The van der Waals surface area contributed by atoms with Gasteiger partial charge in [-0.25, -0.2) is 0 Å². The normalized spacial score (nSPS) is 32.3. The summed E-state index contributed by atoms with van der Waals surface area (Å²) in [6.45, 7) is 9.83. The summed E-state index contributed by atoms with van der Waals surface area (Å²) in [6.07, 6.45) is 15.1. The van der Waals surface area contributed by atoms with Crippen molar-refractivity contribution in [3.05, 3.63) is 23.3 Å². The van der Waals surface area contributed by atoms with Crippen molar-refractivity contribution in [2.75, 3.05) is 33.8 Å². The Kier molecular flexibility index (Phi) is 8.88. The van der Waals surface area contributed by atoms with E-state index < -0.39 is 0 Å². The number of halogens is 1. The number of hydrogen-bond acceptors (Lipinski definition) is 1. The van der Waals surface area contributed by atoms with E-state index in [1.165, 1.54) is 56.1 Å². The van der Waals surface area contributed by atoms with Crippen LogP contribution >= 0.6 is 0 Å². The van der Waals surface area contributed by atoms with Crippen LogP contribution in [0.25, 0.3) is 0 Å². The number of allylic oxidation sites excluding steroid dienone is 3. The smallest absolute Gasteiger partial charge is 0.102 e. The molecule has 0 atom stereocenters. The van der Waals surface area contributed by atoms with Crippen LogP contribution in [0.1, 0.15) is 65.7 Å². The molecule has 4 fully saturated rings. The van der Waals surface area contributed by atoms with E-state index in [4.69, 9.17) is 4.74 Å². The summed E-state index contributed by atoms with van der Waals surface area (Å²) in [4.78, 5) is 0. The molecule has 0 aromatic heterocycles. The molecule has 0 aromatic rings. The van der Waals surface area contributed by atoms with Gasteiger partial charge in [-0.1, -0.05) is 17.2 Å². The highest BCUT2D eigenvalue weighted by Crippen LogP contribution is 2.54. The average molecular weight is 488 g/mol. The molecule has 3 heteroatoms. The van der Waals surface area contributed by atoms with E-state index in [0.717, 1.165) is 47.9 Å². The number of ether oxygens (including phenoxy) is 1. The fraction of sp³-hybridized carbons (Fsp3) is 0.833. The van der Waals surface area contributed by atoms with Crippen LogP contribution in [0, 0.1) is 23.7 Å². The van der Waals surface area contributed by atoms with E-state index >= 15 is 0 Å². The lowest BCUT2D eigenvalue weighted by molar-refractivity contribution is -0.885. The van der Waals surface area contributed by atoms with Crippen molar-refractivity contribution >= 4 is 0 Å². The van der Waals surface area contributed by atoms with Crippen LogP contribution in [-0.2, 0) is 4.74 Å². The third kappa shape index (κ3) is 6.85. The zero-order valence-electron chi connectivity index (χ0n) is 18.3. The fourth-order valence-electron chi connectivity index (χ4n) is 5.77. The van der Waals surface area contributed by atoms with Gasteiger partial charge in [-0.15, -0.1) is 0 Å². The third-order valence-electron chi connectivity index (χ3n) is 7.17. The van der Waals surface area contributed by atoms with E-state index in [1.54, 1.807) is 0 Å². The van der Waals surface area contributed by atoms with Gasteiger partial charge in [0, 0.05) is 0 Å². The number of likely N-dealkylation sites (N-methyl/N-ethyl adjacent to an activating group) is 1. The Labute approximate surface area is 185 Å². The van der Waals surface area contributed by atoms with Crippen molar-refractivity contribution < 1.29 is 33.2 Å². The first kappa shape index (κ1) is 23.4. The van der Waals surface area contributed by atoms with Gasteiger partial charge < -0.3 is 33.2 Å². The van der Waals surface area contributed by atoms with Gasteiger partial charge in [0.2, 0.25) is 0 Å². The maximum absolute atomic E-state index is 6.51. The number of hydrogen-bond donors (Lipinski definition) is 0. The van der Waals surface area contributed by atoms with Crippen molar-refractivity contribution in [1.82, 2.24) is 0 Å². The average Bonchev–Trinajstić information content (AvgIpc) is 2.54. The molecule has 4 aliphatic rings. The van der Waals surface area contributed by atoms with Gasteiger partial charge in [0.1, 0.15) is 6.54 Å². The molecule has 2 nitrogen and oxygen atoms in total. The highest BCUT2D eigenvalue weighted by Gasteiger charge is 2.48. The van der Waals surface area contributed by atoms with E-state index in [9.17, 15) is 0 Å². The topological polar surface area (TPSA) is 9.23 Å². The first-order valence-electron chi connectivity index (χ1n) is 11.0.